The lowest BCUT2D eigenvalue weighted by molar-refractivity contribution is 0.246. The van der Waals surface area contributed by atoms with Crippen molar-refractivity contribution in [2.45, 2.75) is 19.4 Å². The molecule has 0 fully saturated rings. The molecule has 2 aromatic carbocycles. The molecule has 1 unspecified atom stereocenters. The highest BCUT2D eigenvalue weighted by atomic mass is 32.1. The average Bonchev–Trinajstić information content (AvgIpc) is 2.87. The highest BCUT2D eigenvalue weighted by molar-refractivity contribution is 7.80. The molecule has 0 amide bonds. The number of aryl methyl sites for hydroxylation is 1. The number of para-hydroxylation sites is 1. The van der Waals surface area contributed by atoms with E-state index in [9.17, 15) is 0 Å². The summed E-state index contributed by atoms with van der Waals surface area (Å²) in [6, 6.07) is 14.2. The SMILES string of the molecule is Cc1cc(NCC2Cc3ccccc3O2)ccc1C(N)=S. The van der Waals surface area contributed by atoms with Crippen molar-refractivity contribution in [3.8, 4) is 5.75 Å². The molecule has 1 aliphatic rings. The summed E-state index contributed by atoms with van der Waals surface area (Å²) < 4.78 is 5.92. The molecule has 0 bridgehead atoms. The average molecular weight is 298 g/mol. The molecule has 0 aliphatic carbocycles. The molecule has 1 heterocycles. The first-order valence-corrected chi connectivity index (χ1v) is 7.43. The van der Waals surface area contributed by atoms with Gasteiger partial charge in [-0.1, -0.05) is 30.4 Å². The third kappa shape index (κ3) is 3.00. The first-order chi connectivity index (χ1) is 10.1. The van der Waals surface area contributed by atoms with Crippen LogP contribution in [0.5, 0.6) is 5.75 Å². The van der Waals surface area contributed by atoms with E-state index in [4.69, 9.17) is 22.7 Å². The Bertz CT molecular complexity index is 659. The second-order valence-corrected chi connectivity index (χ2v) is 5.77. The fourth-order valence-electron chi connectivity index (χ4n) is 2.65. The van der Waals surface area contributed by atoms with Gasteiger partial charge >= 0.3 is 0 Å². The Morgan fingerprint density at radius 1 is 1.33 bits per heavy atom. The topological polar surface area (TPSA) is 47.3 Å². The number of hydrogen-bond acceptors (Lipinski definition) is 3. The number of thiocarbonyl (C=S) groups is 1. The molecule has 0 saturated carbocycles. The van der Waals surface area contributed by atoms with E-state index in [2.05, 4.69) is 23.5 Å². The van der Waals surface area contributed by atoms with Crippen molar-refractivity contribution in [3.05, 3.63) is 59.2 Å². The molecular formula is C17H18N2OS. The third-order valence-corrected chi connectivity index (χ3v) is 3.96. The molecule has 4 heteroatoms. The minimum absolute atomic E-state index is 0.179. The van der Waals surface area contributed by atoms with Crippen molar-refractivity contribution in [1.29, 1.82) is 0 Å². The van der Waals surface area contributed by atoms with Crippen LogP contribution in [0.2, 0.25) is 0 Å². The van der Waals surface area contributed by atoms with Crippen molar-refractivity contribution < 1.29 is 4.74 Å². The van der Waals surface area contributed by atoms with Crippen molar-refractivity contribution in [2.75, 3.05) is 11.9 Å². The quantitative estimate of drug-likeness (QED) is 0.852. The van der Waals surface area contributed by atoms with Gasteiger partial charge in [0.05, 0.1) is 6.54 Å². The maximum Gasteiger partial charge on any atom is 0.123 e. The molecule has 0 spiro atoms. The first-order valence-electron chi connectivity index (χ1n) is 7.02. The van der Waals surface area contributed by atoms with E-state index in [1.54, 1.807) is 0 Å². The molecule has 0 saturated heterocycles. The van der Waals surface area contributed by atoms with Crippen LogP contribution in [0, 0.1) is 6.92 Å². The van der Waals surface area contributed by atoms with Crippen LogP contribution in [-0.4, -0.2) is 17.6 Å². The molecule has 1 atom stereocenters. The van der Waals surface area contributed by atoms with Crippen molar-refractivity contribution >= 4 is 22.9 Å². The Kier molecular flexibility index (Phi) is 3.80. The number of nitrogens with two attached hydrogens (primary N) is 1. The lowest BCUT2D eigenvalue weighted by Gasteiger charge is -2.14. The van der Waals surface area contributed by atoms with Crippen LogP contribution in [0.3, 0.4) is 0 Å². The monoisotopic (exact) mass is 298 g/mol. The summed E-state index contributed by atoms with van der Waals surface area (Å²) in [4.78, 5) is 0.439. The van der Waals surface area contributed by atoms with E-state index < -0.39 is 0 Å². The molecule has 3 rings (SSSR count). The maximum absolute atomic E-state index is 5.92. The number of benzene rings is 2. The lowest BCUT2D eigenvalue weighted by Crippen LogP contribution is -2.24. The number of ether oxygens (including phenoxy) is 1. The second-order valence-electron chi connectivity index (χ2n) is 5.33. The van der Waals surface area contributed by atoms with E-state index in [1.165, 1.54) is 5.56 Å². The standard InChI is InChI=1S/C17H18N2OS/c1-11-8-13(6-7-15(11)17(18)21)19-10-14-9-12-4-2-3-5-16(12)20-14/h2-8,14,19H,9-10H2,1H3,(H2,18,21). The number of rotatable bonds is 4. The van der Waals surface area contributed by atoms with Crippen molar-refractivity contribution in [2.24, 2.45) is 5.73 Å². The van der Waals surface area contributed by atoms with Gasteiger partial charge in [-0.2, -0.15) is 0 Å². The van der Waals surface area contributed by atoms with Gasteiger partial charge in [0, 0.05) is 17.7 Å². The van der Waals surface area contributed by atoms with E-state index in [0.29, 0.717) is 4.99 Å². The van der Waals surface area contributed by atoms with Gasteiger partial charge in [-0.15, -0.1) is 0 Å². The van der Waals surface area contributed by atoms with Crippen LogP contribution < -0.4 is 15.8 Å². The van der Waals surface area contributed by atoms with E-state index in [0.717, 1.165) is 35.5 Å². The van der Waals surface area contributed by atoms with Crippen molar-refractivity contribution in [3.63, 3.8) is 0 Å². The molecular weight excluding hydrogens is 280 g/mol. The molecule has 0 aromatic heterocycles. The van der Waals surface area contributed by atoms with Crippen LogP contribution in [0.15, 0.2) is 42.5 Å². The van der Waals surface area contributed by atoms with Gasteiger partial charge in [0.1, 0.15) is 16.8 Å². The Morgan fingerprint density at radius 3 is 2.86 bits per heavy atom. The third-order valence-electron chi connectivity index (χ3n) is 3.74. The number of nitrogens with one attached hydrogen (secondary N) is 1. The molecule has 21 heavy (non-hydrogen) atoms. The van der Waals surface area contributed by atoms with Gasteiger partial charge in [0.15, 0.2) is 0 Å². The highest BCUT2D eigenvalue weighted by Gasteiger charge is 2.21. The molecule has 3 N–H and O–H groups in total. The zero-order chi connectivity index (χ0) is 14.8. The maximum atomic E-state index is 5.92. The van der Waals surface area contributed by atoms with Gasteiger partial charge in [-0.05, 0) is 42.3 Å². The summed E-state index contributed by atoms with van der Waals surface area (Å²) in [5.41, 5.74) is 10.0. The highest BCUT2D eigenvalue weighted by Crippen LogP contribution is 2.28. The fraction of sp³-hybridized carbons (Fsp3) is 0.235. The van der Waals surface area contributed by atoms with Crippen LogP contribution in [0.25, 0.3) is 0 Å². The smallest absolute Gasteiger partial charge is 0.123 e. The molecule has 2 aromatic rings. The largest absolute Gasteiger partial charge is 0.488 e. The number of hydrogen-bond donors (Lipinski definition) is 2. The second kappa shape index (κ2) is 5.74. The Balaban J connectivity index is 1.62. The summed E-state index contributed by atoms with van der Waals surface area (Å²) in [6.07, 6.45) is 1.13. The molecule has 108 valence electrons. The molecule has 3 nitrogen and oxygen atoms in total. The van der Waals surface area contributed by atoms with E-state index in [-0.39, 0.29) is 6.10 Å². The number of fused-ring (bicyclic) bond motifs is 1. The summed E-state index contributed by atoms with van der Waals surface area (Å²) in [5, 5.41) is 3.42. The predicted molar refractivity (Wildman–Crippen MR) is 90.1 cm³/mol. The van der Waals surface area contributed by atoms with E-state index >= 15 is 0 Å². The first kappa shape index (κ1) is 13.9. The van der Waals surface area contributed by atoms with Gasteiger partial charge in [-0.25, -0.2) is 0 Å². The minimum atomic E-state index is 0.179. The zero-order valence-corrected chi connectivity index (χ0v) is 12.7. The molecule has 0 radical (unpaired) electrons. The number of anilines is 1. The van der Waals surface area contributed by atoms with Crippen molar-refractivity contribution in [1.82, 2.24) is 0 Å². The summed E-state index contributed by atoms with van der Waals surface area (Å²) in [7, 11) is 0. The van der Waals surface area contributed by atoms with Crippen LogP contribution in [0.1, 0.15) is 16.7 Å². The van der Waals surface area contributed by atoms with Crippen LogP contribution in [0.4, 0.5) is 5.69 Å². The van der Waals surface area contributed by atoms with Gasteiger partial charge in [-0.3, -0.25) is 0 Å². The van der Waals surface area contributed by atoms with Gasteiger partial charge < -0.3 is 15.8 Å². The fourth-order valence-corrected chi connectivity index (χ4v) is 2.88. The Morgan fingerprint density at radius 2 is 2.14 bits per heavy atom. The Hall–Kier alpha value is -2.07. The normalized spacial score (nSPS) is 16.1. The predicted octanol–water partition coefficient (Wildman–Crippen LogP) is 3.04. The summed E-state index contributed by atoms with van der Waals surface area (Å²) in [6.45, 7) is 2.79. The lowest BCUT2D eigenvalue weighted by atomic mass is 10.1. The van der Waals surface area contributed by atoms with Crippen LogP contribution >= 0.6 is 12.2 Å². The van der Waals surface area contributed by atoms with Gasteiger partial charge in [0.2, 0.25) is 0 Å². The Labute approximate surface area is 130 Å². The zero-order valence-electron chi connectivity index (χ0n) is 11.9. The minimum Gasteiger partial charge on any atom is -0.488 e. The van der Waals surface area contributed by atoms with Crippen LogP contribution in [-0.2, 0) is 6.42 Å². The van der Waals surface area contributed by atoms with Gasteiger partial charge in [0.25, 0.3) is 0 Å². The van der Waals surface area contributed by atoms with E-state index in [1.807, 2.05) is 31.2 Å². The summed E-state index contributed by atoms with van der Waals surface area (Å²) >= 11 is 5.02. The summed E-state index contributed by atoms with van der Waals surface area (Å²) in [5.74, 6) is 1.00. The molecule has 1 aliphatic heterocycles.